The van der Waals surface area contributed by atoms with Gasteiger partial charge in [0, 0.05) is 25.7 Å². The summed E-state index contributed by atoms with van der Waals surface area (Å²) in [6, 6.07) is -0.223. The van der Waals surface area contributed by atoms with E-state index in [1.807, 2.05) is 0 Å². The summed E-state index contributed by atoms with van der Waals surface area (Å²) in [5.41, 5.74) is 5.11. The van der Waals surface area contributed by atoms with Crippen LogP contribution >= 0.6 is 0 Å². The monoisotopic (exact) mass is 291 g/mol. The maximum Gasteiger partial charge on any atom is 0.245 e. The Labute approximate surface area is 113 Å². The van der Waals surface area contributed by atoms with Crippen molar-refractivity contribution in [3.8, 4) is 0 Å². The zero-order valence-electron chi connectivity index (χ0n) is 11.1. The number of ether oxygens (including phenoxy) is 1. The minimum atomic E-state index is -3.25. The zero-order valence-corrected chi connectivity index (χ0v) is 11.9. The molecule has 0 spiro atoms. The lowest BCUT2D eigenvalue weighted by Gasteiger charge is -2.36. The number of sulfonamides is 1. The first kappa shape index (κ1) is 14.7. The van der Waals surface area contributed by atoms with Gasteiger partial charge in [-0.3, -0.25) is 4.79 Å². The normalized spacial score (nSPS) is 32.5. The van der Waals surface area contributed by atoms with Crippen molar-refractivity contribution in [2.24, 2.45) is 5.73 Å². The van der Waals surface area contributed by atoms with Crippen molar-refractivity contribution < 1.29 is 17.9 Å². The summed E-state index contributed by atoms with van der Waals surface area (Å²) in [5.74, 6) is -0.134. The Kier molecular flexibility index (Phi) is 4.14. The Morgan fingerprint density at radius 1 is 1.53 bits per heavy atom. The van der Waals surface area contributed by atoms with Gasteiger partial charge in [-0.05, 0) is 19.3 Å². The van der Waals surface area contributed by atoms with Crippen molar-refractivity contribution in [1.29, 1.82) is 0 Å². The van der Waals surface area contributed by atoms with Gasteiger partial charge in [-0.15, -0.1) is 0 Å². The highest BCUT2D eigenvalue weighted by Gasteiger charge is 2.42. The maximum absolute atomic E-state index is 12.4. The molecule has 2 unspecified atom stereocenters. The van der Waals surface area contributed by atoms with Gasteiger partial charge in [-0.2, -0.15) is 0 Å². The lowest BCUT2D eigenvalue weighted by Crippen LogP contribution is -2.59. The van der Waals surface area contributed by atoms with Gasteiger partial charge >= 0.3 is 0 Å². The number of nitrogens with zero attached hydrogens (tertiary/aromatic N) is 1. The number of rotatable bonds is 3. The van der Waals surface area contributed by atoms with Gasteiger partial charge in [0.1, 0.15) is 5.54 Å². The first-order valence-electron chi connectivity index (χ1n) is 6.43. The van der Waals surface area contributed by atoms with Gasteiger partial charge in [0.2, 0.25) is 15.9 Å². The number of carbonyl (C=O) groups excluding carboxylic acids is 1. The van der Waals surface area contributed by atoms with Gasteiger partial charge in [-0.25, -0.2) is 13.1 Å². The highest BCUT2D eigenvalue weighted by atomic mass is 32.2. The van der Waals surface area contributed by atoms with Crippen LogP contribution in [0.3, 0.4) is 0 Å². The molecule has 2 saturated heterocycles. The standard InChI is InChI=1S/C11H21N3O4S/c1-19(16,17)13-9-3-2-5-14(7-9)10(15)11(12)4-6-18-8-11/h9,13H,2-8,12H2,1H3. The lowest BCUT2D eigenvalue weighted by atomic mass is 9.96. The Bertz CT molecular complexity index is 445. The van der Waals surface area contributed by atoms with Crippen LogP contribution in [0.5, 0.6) is 0 Å². The quantitative estimate of drug-likeness (QED) is 0.669. The van der Waals surface area contributed by atoms with Crippen LogP contribution in [0, 0.1) is 0 Å². The van der Waals surface area contributed by atoms with Crippen LogP contribution in [-0.4, -0.2) is 63.4 Å². The molecule has 0 aliphatic carbocycles. The molecule has 1 amide bonds. The third-order valence-corrected chi connectivity index (χ3v) is 4.33. The number of nitrogens with one attached hydrogen (secondary N) is 1. The second kappa shape index (κ2) is 5.35. The second-order valence-corrected chi connectivity index (χ2v) is 7.22. The number of nitrogens with two attached hydrogens (primary N) is 1. The molecule has 2 aliphatic rings. The Morgan fingerprint density at radius 2 is 2.26 bits per heavy atom. The average molecular weight is 291 g/mol. The average Bonchev–Trinajstić information content (AvgIpc) is 2.74. The Morgan fingerprint density at radius 3 is 2.84 bits per heavy atom. The van der Waals surface area contributed by atoms with E-state index in [0.717, 1.165) is 19.1 Å². The summed E-state index contributed by atoms with van der Waals surface area (Å²) in [6.07, 6.45) is 3.16. The molecule has 0 radical (unpaired) electrons. The molecule has 2 atom stereocenters. The fraction of sp³-hybridized carbons (Fsp3) is 0.909. The summed E-state index contributed by atoms with van der Waals surface area (Å²) in [5, 5.41) is 0. The van der Waals surface area contributed by atoms with Crippen LogP contribution in [0.25, 0.3) is 0 Å². The number of carbonyl (C=O) groups is 1. The Balaban J connectivity index is 1.99. The summed E-state index contributed by atoms with van der Waals surface area (Å²) in [6.45, 7) is 1.75. The molecule has 0 aromatic rings. The van der Waals surface area contributed by atoms with E-state index in [2.05, 4.69) is 4.72 Å². The van der Waals surface area contributed by atoms with E-state index in [1.54, 1.807) is 4.90 Å². The number of likely N-dealkylation sites (tertiary alicyclic amines) is 1. The van der Waals surface area contributed by atoms with Gasteiger partial charge in [-0.1, -0.05) is 0 Å². The molecule has 0 aromatic carbocycles. The van der Waals surface area contributed by atoms with Crippen LogP contribution in [0.1, 0.15) is 19.3 Å². The number of hydrogen-bond donors (Lipinski definition) is 2. The predicted octanol–water partition coefficient (Wildman–Crippen LogP) is -1.36. The minimum absolute atomic E-state index is 0.134. The van der Waals surface area contributed by atoms with Crippen LogP contribution in [0.4, 0.5) is 0 Å². The highest BCUT2D eigenvalue weighted by Crippen LogP contribution is 2.21. The first-order chi connectivity index (χ1) is 8.80. The van der Waals surface area contributed by atoms with Crippen LogP contribution in [0.2, 0.25) is 0 Å². The lowest BCUT2D eigenvalue weighted by molar-refractivity contribution is -0.138. The molecule has 0 saturated carbocycles. The molecule has 7 nitrogen and oxygen atoms in total. The number of amides is 1. The third kappa shape index (κ3) is 3.65. The predicted molar refractivity (Wildman–Crippen MR) is 69.9 cm³/mol. The second-order valence-electron chi connectivity index (χ2n) is 5.44. The van der Waals surface area contributed by atoms with Crippen LogP contribution in [-0.2, 0) is 19.6 Å². The molecule has 2 aliphatic heterocycles. The number of piperidine rings is 1. The molecule has 2 fully saturated rings. The summed E-state index contributed by atoms with van der Waals surface area (Å²) >= 11 is 0. The molecule has 2 heterocycles. The summed E-state index contributed by atoms with van der Waals surface area (Å²) < 4.78 is 30.2. The van der Waals surface area contributed by atoms with Crippen molar-refractivity contribution in [2.45, 2.75) is 30.8 Å². The van der Waals surface area contributed by atoms with Crippen LogP contribution in [0.15, 0.2) is 0 Å². The fourth-order valence-electron chi connectivity index (χ4n) is 2.62. The zero-order chi connectivity index (χ0) is 14.1. The van der Waals surface area contributed by atoms with Gasteiger partial charge in [0.25, 0.3) is 0 Å². The smallest absolute Gasteiger partial charge is 0.245 e. The van der Waals surface area contributed by atoms with E-state index in [9.17, 15) is 13.2 Å². The van der Waals surface area contributed by atoms with E-state index < -0.39 is 15.6 Å². The third-order valence-electron chi connectivity index (χ3n) is 3.57. The van der Waals surface area contributed by atoms with E-state index in [-0.39, 0.29) is 18.6 Å². The van der Waals surface area contributed by atoms with Gasteiger partial charge in [0.15, 0.2) is 0 Å². The topological polar surface area (TPSA) is 102 Å². The molecule has 3 N–H and O–H groups in total. The molecule has 19 heavy (non-hydrogen) atoms. The van der Waals surface area contributed by atoms with Gasteiger partial charge < -0.3 is 15.4 Å². The first-order valence-corrected chi connectivity index (χ1v) is 8.33. The van der Waals surface area contributed by atoms with Crippen molar-refractivity contribution in [1.82, 2.24) is 9.62 Å². The summed E-state index contributed by atoms with van der Waals surface area (Å²) in [4.78, 5) is 14.0. The van der Waals surface area contributed by atoms with E-state index in [0.29, 0.717) is 26.1 Å². The largest absolute Gasteiger partial charge is 0.379 e. The van der Waals surface area contributed by atoms with Crippen LogP contribution < -0.4 is 10.5 Å². The van der Waals surface area contributed by atoms with Crippen molar-refractivity contribution in [2.75, 3.05) is 32.6 Å². The number of hydrogen-bond acceptors (Lipinski definition) is 5. The molecule has 0 aromatic heterocycles. The fourth-order valence-corrected chi connectivity index (χ4v) is 3.42. The Hall–Kier alpha value is -0.700. The van der Waals surface area contributed by atoms with E-state index in [4.69, 9.17) is 10.5 Å². The molecule has 110 valence electrons. The molecular weight excluding hydrogens is 270 g/mol. The maximum atomic E-state index is 12.4. The van der Waals surface area contributed by atoms with E-state index in [1.165, 1.54) is 0 Å². The molecule has 0 bridgehead atoms. The highest BCUT2D eigenvalue weighted by molar-refractivity contribution is 7.88. The van der Waals surface area contributed by atoms with Gasteiger partial charge in [0.05, 0.1) is 12.9 Å². The molecular formula is C11H21N3O4S. The minimum Gasteiger partial charge on any atom is -0.379 e. The van der Waals surface area contributed by atoms with Crippen molar-refractivity contribution in [3.63, 3.8) is 0 Å². The molecule has 8 heteroatoms. The van der Waals surface area contributed by atoms with Crippen molar-refractivity contribution in [3.05, 3.63) is 0 Å². The summed E-state index contributed by atoms with van der Waals surface area (Å²) in [7, 11) is -3.25. The van der Waals surface area contributed by atoms with E-state index >= 15 is 0 Å². The SMILES string of the molecule is CS(=O)(=O)NC1CCCN(C(=O)C2(N)CCOC2)C1. The molecule has 2 rings (SSSR count). The van der Waals surface area contributed by atoms with Crippen molar-refractivity contribution >= 4 is 15.9 Å².